The molecule has 1 aliphatic heterocycles. The standard InChI is InChI=1S/C23H23F3N4O2S2/c1-14-11-29(12-15(2)32-14)20(31)13-33-23-28-27-21(16-3-5-17(24)6-4-16)30(23)18-7-9-19(10-8-18)34-22(25)26/h3-10,14-15,22H,11-13H2,1-2H3/t14-,15-/m1/s1. The predicted molar refractivity (Wildman–Crippen MR) is 126 cm³/mol. The van der Waals surface area contributed by atoms with Gasteiger partial charge in [-0.3, -0.25) is 9.36 Å². The third-order valence-electron chi connectivity index (χ3n) is 5.15. The highest BCUT2D eigenvalue weighted by Crippen LogP contribution is 2.31. The third-order valence-corrected chi connectivity index (χ3v) is 6.79. The summed E-state index contributed by atoms with van der Waals surface area (Å²) in [5, 5.41) is 9.02. The number of alkyl halides is 2. The zero-order valence-corrected chi connectivity index (χ0v) is 20.2. The minimum absolute atomic E-state index is 0.0314. The molecule has 0 spiro atoms. The summed E-state index contributed by atoms with van der Waals surface area (Å²) in [5.74, 6) is -2.32. The van der Waals surface area contributed by atoms with Gasteiger partial charge in [0.1, 0.15) is 5.82 Å². The van der Waals surface area contributed by atoms with Crippen LogP contribution in [0.2, 0.25) is 0 Å². The molecule has 1 fully saturated rings. The molecule has 3 aromatic rings. The van der Waals surface area contributed by atoms with Crippen LogP contribution in [-0.4, -0.2) is 62.4 Å². The summed E-state index contributed by atoms with van der Waals surface area (Å²) in [4.78, 5) is 15.1. The summed E-state index contributed by atoms with van der Waals surface area (Å²) in [6, 6.07) is 12.4. The van der Waals surface area contributed by atoms with Gasteiger partial charge in [-0.15, -0.1) is 10.2 Å². The number of hydrogen-bond donors (Lipinski definition) is 0. The van der Waals surface area contributed by atoms with E-state index in [0.29, 0.717) is 52.0 Å². The van der Waals surface area contributed by atoms with Crippen LogP contribution in [0.3, 0.4) is 0 Å². The molecule has 0 saturated carbocycles. The van der Waals surface area contributed by atoms with E-state index >= 15 is 0 Å². The molecule has 1 aromatic heterocycles. The highest BCUT2D eigenvalue weighted by Gasteiger charge is 2.26. The van der Waals surface area contributed by atoms with Crippen molar-refractivity contribution in [3.05, 3.63) is 54.3 Å². The largest absolute Gasteiger partial charge is 0.372 e. The maximum Gasteiger partial charge on any atom is 0.288 e. The Hall–Kier alpha value is -2.50. The van der Waals surface area contributed by atoms with Crippen LogP contribution in [0, 0.1) is 5.82 Å². The molecule has 0 aliphatic carbocycles. The molecule has 1 amide bonds. The Balaban J connectivity index is 1.60. The summed E-state index contributed by atoms with van der Waals surface area (Å²) in [7, 11) is 0. The van der Waals surface area contributed by atoms with Gasteiger partial charge < -0.3 is 9.64 Å². The molecule has 11 heteroatoms. The molecule has 1 aliphatic rings. The maximum absolute atomic E-state index is 13.5. The van der Waals surface area contributed by atoms with Crippen molar-refractivity contribution < 1.29 is 22.7 Å². The molecule has 0 bridgehead atoms. The number of carbonyl (C=O) groups is 1. The number of amides is 1. The first-order valence-electron chi connectivity index (χ1n) is 10.6. The fourth-order valence-corrected chi connectivity index (χ4v) is 5.11. The van der Waals surface area contributed by atoms with E-state index in [1.165, 1.54) is 23.9 Å². The van der Waals surface area contributed by atoms with E-state index in [1.807, 2.05) is 13.8 Å². The monoisotopic (exact) mass is 508 g/mol. The average Bonchev–Trinajstić information content (AvgIpc) is 3.21. The zero-order valence-electron chi connectivity index (χ0n) is 18.5. The normalized spacial score (nSPS) is 18.5. The molecule has 0 N–H and O–H groups in total. The van der Waals surface area contributed by atoms with Crippen molar-refractivity contribution in [3.8, 4) is 17.1 Å². The van der Waals surface area contributed by atoms with Crippen LogP contribution in [0.25, 0.3) is 17.1 Å². The Morgan fingerprint density at radius 3 is 2.32 bits per heavy atom. The minimum atomic E-state index is -2.52. The molecule has 2 aromatic carbocycles. The number of halogens is 3. The van der Waals surface area contributed by atoms with Crippen LogP contribution in [0.1, 0.15) is 13.8 Å². The van der Waals surface area contributed by atoms with Gasteiger partial charge in [0.25, 0.3) is 5.76 Å². The highest BCUT2D eigenvalue weighted by atomic mass is 32.2. The molecule has 1 saturated heterocycles. The molecule has 4 rings (SSSR count). The maximum atomic E-state index is 13.5. The molecule has 0 radical (unpaired) electrons. The fourth-order valence-electron chi connectivity index (χ4n) is 3.76. The average molecular weight is 509 g/mol. The predicted octanol–water partition coefficient (Wildman–Crippen LogP) is 5.12. The first-order chi connectivity index (χ1) is 16.3. The Bertz CT molecular complexity index is 1120. The van der Waals surface area contributed by atoms with E-state index in [2.05, 4.69) is 10.2 Å². The quantitative estimate of drug-likeness (QED) is 0.413. The molecule has 180 valence electrons. The van der Waals surface area contributed by atoms with Crippen LogP contribution in [0.4, 0.5) is 13.2 Å². The van der Waals surface area contributed by atoms with E-state index in [0.717, 1.165) is 0 Å². The van der Waals surface area contributed by atoms with Crippen LogP contribution in [0.15, 0.2) is 58.6 Å². The van der Waals surface area contributed by atoms with Crippen LogP contribution in [-0.2, 0) is 9.53 Å². The SMILES string of the molecule is C[C@@H]1CN(C(=O)CSc2nnc(-c3ccc(F)cc3)n2-c2ccc(SC(F)F)cc2)C[C@@H](C)O1. The molecule has 6 nitrogen and oxygen atoms in total. The lowest BCUT2D eigenvalue weighted by Crippen LogP contribution is -2.48. The Morgan fingerprint density at radius 2 is 1.71 bits per heavy atom. The van der Waals surface area contributed by atoms with Gasteiger partial charge in [0.2, 0.25) is 5.91 Å². The lowest BCUT2D eigenvalue weighted by molar-refractivity contribution is -0.140. The Labute approximate surface area is 203 Å². The number of thioether (sulfide) groups is 2. The Morgan fingerprint density at radius 1 is 1.06 bits per heavy atom. The number of benzene rings is 2. The minimum Gasteiger partial charge on any atom is -0.372 e. The van der Waals surface area contributed by atoms with Crippen molar-refractivity contribution in [2.24, 2.45) is 0 Å². The molecule has 34 heavy (non-hydrogen) atoms. The lowest BCUT2D eigenvalue weighted by atomic mass is 10.2. The zero-order chi connectivity index (χ0) is 24.2. The number of ether oxygens (including phenoxy) is 1. The van der Waals surface area contributed by atoms with Gasteiger partial charge in [-0.2, -0.15) is 8.78 Å². The second-order valence-electron chi connectivity index (χ2n) is 7.87. The van der Waals surface area contributed by atoms with E-state index < -0.39 is 5.76 Å². The van der Waals surface area contributed by atoms with Gasteiger partial charge in [0.05, 0.1) is 18.0 Å². The molecular formula is C23H23F3N4O2S2. The van der Waals surface area contributed by atoms with Gasteiger partial charge in [-0.1, -0.05) is 23.5 Å². The van der Waals surface area contributed by atoms with Gasteiger partial charge >= 0.3 is 0 Å². The first-order valence-corrected chi connectivity index (χ1v) is 12.5. The topological polar surface area (TPSA) is 60.2 Å². The molecule has 0 unspecified atom stereocenters. The molecule has 2 heterocycles. The number of rotatable bonds is 7. The highest BCUT2D eigenvalue weighted by molar-refractivity contribution is 8.00. The van der Waals surface area contributed by atoms with Crippen molar-refractivity contribution in [2.75, 3.05) is 18.8 Å². The number of carbonyl (C=O) groups excluding carboxylic acids is 1. The van der Waals surface area contributed by atoms with Crippen molar-refractivity contribution >= 4 is 29.4 Å². The van der Waals surface area contributed by atoms with Gasteiger partial charge in [-0.05, 0) is 62.4 Å². The lowest BCUT2D eigenvalue weighted by Gasteiger charge is -2.35. The van der Waals surface area contributed by atoms with Crippen LogP contribution < -0.4 is 0 Å². The summed E-state index contributed by atoms with van der Waals surface area (Å²) in [6.07, 6.45) is -0.0629. The van der Waals surface area contributed by atoms with E-state index in [-0.39, 0.29) is 29.7 Å². The van der Waals surface area contributed by atoms with Crippen molar-refractivity contribution in [2.45, 2.75) is 41.9 Å². The van der Waals surface area contributed by atoms with E-state index in [9.17, 15) is 18.0 Å². The van der Waals surface area contributed by atoms with Crippen molar-refractivity contribution in [1.29, 1.82) is 0 Å². The smallest absolute Gasteiger partial charge is 0.288 e. The molecular weight excluding hydrogens is 485 g/mol. The number of hydrogen-bond acceptors (Lipinski definition) is 6. The van der Waals surface area contributed by atoms with E-state index in [1.54, 1.807) is 45.9 Å². The third kappa shape index (κ3) is 5.94. The van der Waals surface area contributed by atoms with Crippen LogP contribution in [0.5, 0.6) is 0 Å². The van der Waals surface area contributed by atoms with Crippen LogP contribution >= 0.6 is 23.5 Å². The summed E-state index contributed by atoms with van der Waals surface area (Å²) in [6.45, 7) is 4.93. The van der Waals surface area contributed by atoms with Gasteiger partial charge in [0, 0.05) is 29.2 Å². The second-order valence-corrected chi connectivity index (χ2v) is 9.87. The van der Waals surface area contributed by atoms with Gasteiger partial charge in [0.15, 0.2) is 11.0 Å². The van der Waals surface area contributed by atoms with E-state index in [4.69, 9.17) is 4.74 Å². The number of morpholine rings is 1. The number of nitrogens with zero attached hydrogens (tertiary/aromatic N) is 4. The summed E-state index contributed by atoms with van der Waals surface area (Å²) < 4.78 is 46.3. The summed E-state index contributed by atoms with van der Waals surface area (Å²) >= 11 is 1.70. The Kier molecular flexibility index (Phi) is 7.84. The van der Waals surface area contributed by atoms with Crippen molar-refractivity contribution in [1.82, 2.24) is 19.7 Å². The molecule has 2 atom stereocenters. The fraction of sp³-hybridized carbons (Fsp3) is 0.348. The number of aromatic nitrogens is 3. The van der Waals surface area contributed by atoms with Crippen molar-refractivity contribution in [3.63, 3.8) is 0 Å². The second kappa shape index (κ2) is 10.8. The first kappa shape index (κ1) is 24.6. The van der Waals surface area contributed by atoms with Gasteiger partial charge in [-0.25, -0.2) is 4.39 Å². The summed E-state index contributed by atoms with van der Waals surface area (Å²) in [5.41, 5.74) is 1.28.